The molecule has 0 aromatic heterocycles. The second-order valence-electron chi connectivity index (χ2n) is 5.45. The summed E-state index contributed by atoms with van der Waals surface area (Å²) >= 11 is 5.99. The van der Waals surface area contributed by atoms with Gasteiger partial charge in [0.2, 0.25) is 0 Å². The van der Waals surface area contributed by atoms with E-state index < -0.39 is 0 Å². The zero-order valence-corrected chi connectivity index (χ0v) is 12.2. The molecule has 1 heterocycles. The summed E-state index contributed by atoms with van der Waals surface area (Å²) < 4.78 is 12.9. The van der Waals surface area contributed by atoms with Crippen LogP contribution in [0.15, 0.2) is 18.2 Å². The molecule has 0 saturated carbocycles. The van der Waals surface area contributed by atoms with Crippen molar-refractivity contribution in [1.29, 1.82) is 0 Å². The number of hydrogen-bond acceptors (Lipinski definition) is 2. The zero-order chi connectivity index (χ0) is 13.7. The largest absolute Gasteiger partial charge is 0.313 e. The van der Waals surface area contributed by atoms with Crippen LogP contribution in [0.2, 0.25) is 5.02 Å². The van der Waals surface area contributed by atoms with Crippen molar-refractivity contribution in [3.8, 4) is 0 Å². The van der Waals surface area contributed by atoms with Crippen LogP contribution in [0.4, 0.5) is 4.39 Å². The number of rotatable bonds is 5. The van der Waals surface area contributed by atoms with Crippen molar-refractivity contribution in [2.45, 2.75) is 25.8 Å². The number of hydrogen-bond donors (Lipinski definition) is 1. The molecule has 0 spiro atoms. The summed E-state index contributed by atoms with van der Waals surface area (Å²) in [5.74, 6) is 0.562. The Bertz CT molecular complexity index is 403. The SMILES string of the molecule is CN1CCC(CCNCc2ccc(F)cc2Cl)CC1. The maximum Gasteiger partial charge on any atom is 0.124 e. The molecule has 1 N–H and O–H groups in total. The number of benzene rings is 1. The Labute approximate surface area is 119 Å². The van der Waals surface area contributed by atoms with E-state index in [2.05, 4.69) is 17.3 Å². The summed E-state index contributed by atoms with van der Waals surface area (Å²) in [5.41, 5.74) is 0.964. The van der Waals surface area contributed by atoms with Crippen molar-refractivity contribution in [2.24, 2.45) is 5.92 Å². The lowest BCUT2D eigenvalue weighted by Gasteiger charge is -2.28. The van der Waals surface area contributed by atoms with Crippen molar-refractivity contribution < 1.29 is 4.39 Å². The number of piperidine rings is 1. The Morgan fingerprint density at radius 3 is 2.79 bits per heavy atom. The first-order valence-corrected chi connectivity index (χ1v) is 7.36. The fourth-order valence-electron chi connectivity index (χ4n) is 2.55. The van der Waals surface area contributed by atoms with Gasteiger partial charge >= 0.3 is 0 Å². The van der Waals surface area contributed by atoms with E-state index in [1.807, 2.05) is 0 Å². The standard InChI is InChI=1S/C15H22ClFN2/c1-19-8-5-12(6-9-19)4-7-18-11-13-2-3-14(17)10-15(13)16/h2-3,10,12,18H,4-9,11H2,1H3. The maximum absolute atomic E-state index is 12.9. The number of nitrogens with one attached hydrogen (secondary N) is 1. The molecule has 1 fully saturated rings. The summed E-state index contributed by atoms with van der Waals surface area (Å²) in [7, 11) is 2.19. The van der Waals surface area contributed by atoms with Gasteiger partial charge in [-0.1, -0.05) is 17.7 Å². The van der Waals surface area contributed by atoms with Crippen molar-refractivity contribution >= 4 is 11.6 Å². The van der Waals surface area contributed by atoms with Gasteiger partial charge < -0.3 is 10.2 Å². The summed E-state index contributed by atoms with van der Waals surface area (Å²) in [6.45, 7) is 4.15. The first kappa shape index (κ1) is 14.8. The van der Waals surface area contributed by atoms with E-state index in [1.165, 1.54) is 44.5 Å². The molecule has 0 radical (unpaired) electrons. The predicted octanol–water partition coefficient (Wildman–Crippen LogP) is 3.30. The van der Waals surface area contributed by atoms with Crippen LogP contribution in [0, 0.1) is 11.7 Å². The molecule has 1 saturated heterocycles. The van der Waals surface area contributed by atoms with Crippen LogP contribution >= 0.6 is 11.6 Å². The van der Waals surface area contributed by atoms with Crippen LogP contribution in [0.3, 0.4) is 0 Å². The van der Waals surface area contributed by atoms with Crippen molar-refractivity contribution in [1.82, 2.24) is 10.2 Å². The third kappa shape index (κ3) is 4.75. The molecule has 0 atom stereocenters. The van der Waals surface area contributed by atoms with Gasteiger partial charge in [-0.3, -0.25) is 0 Å². The smallest absolute Gasteiger partial charge is 0.124 e. The Balaban J connectivity index is 1.66. The highest BCUT2D eigenvalue weighted by molar-refractivity contribution is 6.31. The molecule has 4 heteroatoms. The van der Waals surface area contributed by atoms with Gasteiger partial charge in [0.05, 0.1) is 0 Å². The molecule has 2 nitrogen and oxygen atoms in total. The molecule has 2 rings (SSSR count). The quantitative estimate of drug-likeness (QED) is 0.835. The van der Waals surface area contributed by atoms with E-state index in [0.717, 1.165) is 18.0 Å². The summed E-state index contributed by atoms with van der Waals surface area (Å²) in [6.07, 6.45) is 3.82. The molecule has 0 unspecified atom stereocenters. The molecular formula is C15H22ClFN2. The average Bonchev–Trinajstić information content (AvgIpc) is 2.39. The predicted molar refractivity (Wildman–Crippen MR) is 78.0 cm³/mol. The second kappa shape index (κ2) is 7.22. The Hall–Kier alpha value is -0.640. The van der Waals surface area contributed by atoms with Gasteiger partial charge in [-0.15, -0.1) is 0 Å². The normalized spacial score (nSPS) is 17.8. The third-order valence-electron chi connectivity index (χ3n) is 3.90. The van der Waals surface area contributed by atoms with Gasteiger partial charge in [-0.2, -0.15) is 0 Å². The van der Waals surface area contributed by atoms with E-state index >= 15 is 0 Å². The Morgan fingerprint density at radius 2 is 2.11 bits per heavy atom. The van der Waals surface area contributed by atoms with Crippen molar-refractivity contribution in [2.75, 3.05) is 26.7 Å². The van der Waals surface area contributed by atoms with Gasteiger partial charge in [0.25, 0.3) is 0 Å². The molecule has 0 amide bonds. The molecule has 106 valence electrons. The lowest BCUT2D eigenvalue weighted by molar-refractivity contribution is 0.211. The fraction of sp³-hybridized carbons (Fsp3) is 0.600. The highest BCUT2D eigenvalue weighted by Gasteiger charge is 2.15. The number of nitrogens with zero attached hydrogens (tertiary/aromatic N) is 1. The summed E-state index contributed by atoms with van der Waals surface area (Å²) in [5, 5.41) is 3.91. The average molecular weight is 285 g/mol. The van der Waals surface area contributed by atoms with E-state index in [9.17, 15) is 4.39 Å². The Kier molecular flexibility index (Phi) is 5.61. The number of likely N-dealkylation sites (tertiary alicyclic amines) is 1. The summed E-state index contributed by atoms with van der Waals surface area (Å²) in [4.78, 5) is 2.39. The van der Waals surface area contributed by atoms with Crippen LogP contribution in [0.25, 0.3) is 0 Å². The minimum atomic E-state index is -0.278. The van der Waals surface area contributed by atoms with Crippen molar-refractivity contribution in [3.05, 3.63) is 34.6 Å². The molecule has 19 heavy (non-hydrogen) atoms. The minimum absolute atomic E-state index is 0.278. The van der Waals surface area contributed by atoms with Crippen LogP contribution in [0.5, 0.6) is 0 Å². The number of halogens is 2. The Morgan fingerprint density at radius 1 is 1.37 bits per heavy atom. The van der Waals surface area contributed by atoms with Gasteiger partial charge in [0, 0.05) is 11.6 Å². The highest BCUT2D eigenvalue weighted by Crippen LogP contribution is 2.19. The van der Waals surface area contributed by atoms with E-state index in [0.29, 0.717) is 11.6 Å². The molecule has 1 aromatic rings. The summed E-state index contributed by atoms with van der Waals surface area (Å²) in [6, 6.07) is 4.58. The zero-order valence-electron chi connectivity index (χ0n) is 11.5. The highest BCUT2D eigenvalue weighted by atomic mass is 35.5. The first-order chi connectivity index (χ1) is 9.15. The van der Waals surface area contributed by atoms with E-state index in [4.69, 9.17) is 11.6 Å². The molecule has 1 aliphatic rings. The molecule has 0 aliphatic carbocycles. The molecular weight excluding hydrogens is 263 g/mol. The fourth-order valence-corrected chi connectivity index (χ4v) is 2.78. The minimum Gasteiger partial charge on any atom is -0.313 e. The van der Waals surface area contributed by atoms with Gasteiger partial charge in [-0.25, -0.2) is 4.39 Å². The maximum atomic E-state index is 12.9. The second-order valence-corrected chi connectivity index (χ2v) is 5.86. The van der Waals surface area contributed by atoms with Crippen LogP contribution in [-0.4, -0.2) is 31.6 Å². The lowest BCUT2D eigenvalue weighted by Crippen LogP contribution is -2.31. The molecule has 1 aromatic carbocycles. The van der Waals surface area contributed by atoms with Crippen LogP contribution in [0.1, 0.15) is 24.8 Å². The van der Waals surface area contributed by atoms with Crippen LogP contribution < -0.4 is 5.32 Å². The molecule has 0 bridgehead atoms. The first-order valence-electron chi connectivity index (χ1n) is 6.98. The third-order valence-corrected chi connectivity index (χ3v) is 4.25. The van der Waals surface area contributed by atoms with Crippen molar-refractivity contribution in [3.63, 3.8) is 0 Å². The van der Waals surface area contributed by atoms with Gasteiger partial charge in [0.15, 0.2) is 0 Å². The van der Waals surface area contributed by atoms with E-state index in [1.54, 1.807) is 6.07 Å². The van der Waals surface area contributed by atoms with E-state index in [-0.39, 0.29) is 5.82 Å². The van der Waals surface area contributed by atoms with Crippen LogP contribution in [-0.2, 0) is 6.54 Å². The molecule has 1 aliphatic heterocycles. The lowest BCUT2D eigenvalue weighted by atomic mass is 9.94. The monoisotopic (exact) mass is 284 g/mol. The topological polar surface area (TPSA) is 15.3 Å². The van der Waals surface area contributed by atoms with Gasteiger partial charge in [0.1, 0.15) is 5.82 Å². The van der Waals surface area contributed by atoms with Gasteiger partial charge in [-0.05, 0) is 69.6 Å².